The second-order valence-corrected chi connectivity index (χ2v) is 10.0. The summed E-state index contributed by atoms with van der Waals surface area (Å²) < 4.78 is 5.41. The van der Waals surface area contributed by atoms with Crippen molar-refractivity contribution in [2.24, 2.45) is 0 Å². The van der Waals surface area contributed by atoms with Crippen LogP contribution >= 0.6 is 0 Å². The van der Waals surface area contributed by atoms with Crippen molar-refractivity contribution in [3.05, 3.63) is 71.3 Å². The zero-order valence-corrected chi connectivity index (χ0v) is 21.4. The molecule has 1 aliphatic rings. The molecule has 5 rings (SSSR count). The van der Waals surface area contributed by atoms with Gasteiger partial charge in [0.05, 0.1) is 29.4 Å². The Balaban J connectivity index is 1.52. The van der Waals surface area contributed by atoms with Crippen LogP contribution in [0.1, 0.15) is 61.2 Å². The fraction of sp³-hybridized carbons (Fsp3) is 0.308. The van der Waals surface area contributed by atoms with Crippen LogP contribution in [0.4, 0.5) is 17.6 Å². The maximum atomic E-state index is 12.2. The fourth-order valence-electron chi connectivity index (χ4n) is 4.09. The van der Waals surface area contributed by atoms with Gasteiger partial charge in [-0.05, 0) is 45.4 Å². The summed E-state index contributed by atoms with van der Waals surface area (Å²) in [5, 5.41) is 33.5. The third-order valence-corrected chi connectivity index (χ3v) is 6.09. The summed E-state index contributed by atoms with van der Waals surface area (Å²) in [4.78, 5) is 30.2. The first-order chi connectivity index (χ1) is 18.0. The molecule has 0 fully saturated rings. The average Bonchev–Trinajstić information content (AvgIpc) is 3.46. The topological polar surface area (TPSA) is 171 Å². The Bertz CT molecular complexity index is 1480. The molecule has 196 valence electrons. The highest BCUT2D eigenvalue weighted by atomic mass is 16.5. The van der Waals surface area contributed by atoms with E-state index in [1.54, 1.807) is 26.0 Å². The van der Waals surface area contributed by atoms with Crippen molar-refractivity contribution in [3.8, 4) is 11.5 Å². The molecule has 0 unspecified atom stereocenters. The van der Waals surface area contributed by atoms with Gasteiger partial charge in [0.25, 0.3) is 11.8 Å². The molecule has 1 aliphatic heterocycles. The van der Waals surface area contributed by atoms with Crippen molar-refractivity contribution in [3.63, 3.8) is 0 Å². The summed E-state index contributed by atoms with van der Waals surface area (Å²) in [7, 11) is 0. The predicted octanol–water partition coefficient (Wildman–Crippen LogP) is 3.02. The van der Waals surface area contributed by atoms with Crippen LogP contribution in [0.5, 0.6) is 0 Å². The number of aliphatic hydroxyl groups is 2. The molecule has 4 aromatic rings. The van der Waals surface area contributed by atoms with Crippen LogP contribution in [0.25, 0.3) is 11.5 Å². The number of carbonyl (C=O) groups is 1. The van der Waals surface area contributed by atoms with Crippen LogP contribution in [0.15, 0.2) is 53.2 Å². The number of aliphatic hydroxyl groups excluding tert-OH is 1. The lowest BCUT2D eigenvalue weighted by atomic mass is 10.0. The number of pyridine rings is 1. The molecule has 0 saturated heterocycles. The average molecular weight is 517 g/mol. The van der Waals surface area contributed by atoms with Crippen LogP contribution < -0.4 is 16.0 Å². The first kappa shape index (κ1) is 25.2. The monoisotopic (exact) mass is 516 g/mol. The molecule has 5 N–H and O–H groups in total. The van der Waals surface area contributed by atoms with Gasteiger partial charge in [-0.15, -0.1) is 0 Å². The van der Waals surface area contributed by atoms with E-state index in [-0.39, 0.29) is 30.2 Å². The van der Waals surface area contributed by atoms with Crippen LogP contribution in [-0.2, 0) is 11.1 Å². The van der Waals surface area contributed by atoms with Crippen LogP contribution in [0.3, 0.4) is 0 Å². The second kappa shape index (κ2) is 9.47. The van der Waals surface area contributed by atoms with Gasteiger partial charge in [0.1, 0.15) is 22.8 Å². The quantitative estimate of drug-likeness (QED) is 0.233. The Morgan fingerprint density at radius 1 is 1.08 bits per heavy atom. The van der Waals surface area contributed by atoms with Gasteiger partial charge in [0, 0.05) is 6.20 Å². The van der Waals surface area contributed by atoms with E-state index < -0.39 is 17.2 Å². The fourth-order valence-corrected chi connectivity index (χ4v) is 4.09. The summed E-state index contributed by atoms with van der Waals surface area (Å²) in [6.07, 6.45) is 1.50. The molecule has 0 bridgehead atoms. The summed E-state index contributed by atoms with van der Waals surface area (Å²) in [6, 6.07) is 12.3. The highest BCUT2D eigenvalue weighted by Crippen LogP contribution is 2.32. The van der Waals surface area contributed by atoms with E-state index in [1.807, 2.05) is 44.2 Å². The molecule has 1 aromatic carbocycles. The molecule has 3 aromatic heterocycles. The van der Waals surface area contributed by atoms with Gasteiger partial charge in [-0.2, -0.15) is 9.97 Å². The minimum atomic E-state index is -1.31. The number of fused-ring (bicyclic) bond motifs is 1. The van der Waals surface area contributed by atoms with Crippen molar-refractivity contribution >= 4 is 23.5 Å². The summed E-state index contributed by atoms with van der Waals surface area (Å²) in [5.41, 5.74) is 0.450. The number of aromatic nitrogens is 5. The number of nitrogens with one attached hydrogen (secondary N) is 3. The van der Waals surface area contributed by atoms with E-state index in [2.05, 4.69) is 41.0 Å². The molecule has 4 heterocycles. The molecule has 0 spiro atoms. The highest BCUT2D eigenvalue weighted by molar-refractivity contribution is 5.99. The van der Waals surface area contributed by atoms with Gasteiger partial charge in [0.2, 0.25) is 11.8 Å². The lowest BCUT2D eigenvalue weighted by Crippen LogP contribution is -2.33. The van der Waals surface area contributed by atoms with Crippen molar-refractivity contribution in [2.45, 2.75) is 44.9 Å². The minimum absolute atomic E-state index is 0.0999. The van der Waals surface area contributed by atoms with Gasteiger partial charge < -0.3 is 30.7 Å². The zero-order valence-electron chi connectivity index (χ0n) is 21.4. The van der Waals surface area contributed by atoms with Crippen molar-refractivity contribution in [1.82, 2.24) is 30.4 Å². The smallest absolute Gasteiger partial charge is 0.263 e. The van der Waals surface area contributed by atoms with Gasteiger partial charge in [-0.25, -0.2) is 9.97 Å². The lowest BCUT2D eigenvalue weighted by Gasteiger charge is -2.20. The third kappa shape index (κ3) is 4.91. The molecule has 12 nitrogen and oxygen atoms in total. The largest absolute Gasteiger partial charge is 0.394 e. The number of rotatable bonds is 8. The number of amides is 1. The first-order valence-corrected chi connectivity index (χ1v) is 12.0. The molecule has 38 heavy (non-hydrogen) atoms. The Hall–Kier alpha value is -4.42. The third-order valence-electron chi connectivity index (χ3n) is 6.09. The van der Waals surface area contributed by atoms with Gasteiger partial charge >= 0.3 is 0 Å². The molecule has 0 radical (unpaired) electrons. The molecular weight excluding hydrogens is 488 g/mol. The summed E-state index contributed by atoms with van der Waals surface area (Å²) in [5.74, 6) is 1.02. The Labute approximate surface area is 218 Å². The van der Waals surface area contributed by atoms with E-state index in [0.717, 1.165) is 5.56 Å². The SMILES string of the molecule is CC(C)(O)c1noc(-c2cnc(Nc3ccc4c(n3)C(C)(C)NC4=O)nc2N[C@H](CO)c2ccccc2)n1. The predicted molar refractivity (Wildman–Crippen MR) is 138 cm³/mol. The van der Waals surface area contributed by atoms with Crippen LogP contribution in [0, 0.1) is 0 Å². The number of hydrogen-bond donors (Lipinski definition) is 5. The van der Waals surface area contributed by atoms with Crippen LogP contribution in [-0.4, -0.2) is 47.8 Å². The van der Waals surface area contributed by atoms with Crippen molar-refractivity contribution in [1.29, 1.82) is 0 Å². The Morgan fingerprint density at radius 3 is 2.53 bits per heavy atom. The molecular formula is C26H28N8O4. The normalized spacial score (nSPS) is 15.1. The lowest BCUT2D eigenvalue weighted by molar-refractivity contribution is 0.0661. The standard InChI is InChI=1S/C26H28N8O4/c1-25(2)19-15(21(36)33-25)10-11-18(29-19)30-24-27-12-16(22-32-23(34-38-22)26(3,4)37)20(31-24)28-17(13-35)14-8-6-5-7-9-14/h5-12,17,35,37H,13H2,1-4H3,(H,33,36)(H2,27,28,29,30,31)/t17-/m1/s1. The first-order valence-electron chi connectivity index (χ1n) is 12.0. The summed E-state index contributed by atoms with van der Waals surface area (Å²) in [6.45, 7) is 6.65. The Kier molecular flexibility index (Phi) is 6.29. The van der Waals surface area contributed by atoms with E-state index >= 15 is 0 Å². The van der Waals surface area contributed by atoms with Gasteiger partial charge in [-0.3, -0.25) is 4.79 Å². The van der Waals surface area contributed by atoms with Crippen LogP contribution in [0.2, 0.25) is 0 Å². The Morgan fingerprint density at radius 2 is 1.84 bits per heavy atom. The number of anilines is 3. The number of hydrogen-bond acceptors (Lipinski definition) is 11. The number of carbonyl (C=O) groups excluding carboxylic acids is 1. The molecule has 1 amide bonds. The second-order valence-electron chi connectivity index (χ2n) is 10.0. The van der Waals surface area contributed by atoms with Gasteiger partial charge in [0.15, 0.2) is 0 Å². The van der Waals surface area contributed by atoms with Gasteiger partial charge in [-0.1, -0.05) is 35.5 Å². The number of benzene rings is 1. The molecule has 12 heteroatoms. The minimum Gasteiger partial charge on any atom is -0.394 e. The maximum Gasteiger partial charge on any atom is 0.263 e. The zero-order chi connectivity index (χ0) is 27.1. The number of nitrogens with zero attached hydrogens (tertiary/aromatic N) is 5. The van der Waals surface area contributed by atoms with E-state index in [4.69, 9.17) is 4.52 Å². The van der Waals surface area contributed by atoms with Crippen molar-refractivity contribution in [2.75, 3.05) is 17.2 Å². The van der Waals surface area contributed by atoms with E-state index in [9.17, 15) is 15.0 Å². The highest BCUT2D eigenvalue weighted by Gasteiger charge is 2.36. The van der Waals surface area contributed by atoms with E-state index in [1.165, 1.54) is 6.20 Å². The summed E-state index contributed by atoms with van der Waals surface area (Å²) >= 11 is 0. The molecule has 0 saturated carbocycles. The molecule has 1 atom stereocenters. The maximum absolute atomic E-state index is 12.2. The van der Waals surface area contributed by atoms with Crippen molar-refractivity contribution < 1.29 is 19.5 Å². The molecule has 0 aliphatic carbocycles. The van der Waals surface area contributed by atoms with E-state index in [0.29, 0.717) is 28.5 Å².